The van der Waals surface area contributed by atoms with E-state index in [0.717, 1.165) is 47.9 Å². The number of nitrogens with one attached hydrogen (secondary N) is 6. The van der Waals surface area contributed by atoms with Crippen molar-refractivity contribution in [2.45, 2.75) is 148 Å². The van der Waals surface area contributed by atoms with Crippen LogP contribution in [0, 0.1) is 0 Å². The van der Waals surface area contributed by atoms with Gasteiger partial charge < -0.3 is 21.3 Å². The van der Waals surface area contributed by atoms with E-state index in [1.54, 1.807) is 66.7 Å². The van der Waals surface area contributed by atoms with Gasteiger partial charge in [0.15, 0.2) is 0 Å². The summed E-state index contributed by atoms with van der Waals surface area (Å²) in [5.41, 5.74) is 0.195. The molecule has 5 aromatic carbocycles. The molecule has 2 amide bonds. The number of carbonyl (C=O) groups excluding carboxylic acids is 2. The van der Waals surface area contributed by atoms with Crippen molar-refractivity contribution < 1.29 is 9.59 Å². The molecule has 0 fully saturated rings. The van der Waals surface area contributed by atoms with E-state index in [9.17, 15) is 9.59 Å². The molecule has 83 heavy (non-hydrogen) atoms. The van der Waals surface area contributed by atoms with E-state index < -0.39 is 17.0 Å². The summed E-state index contributed by atoms with van der Waals surface area (Å²) in [4.78, 5) is 58.8. The predicted molar refractivity (Wildman–Crippen MR) is 348 cm³/mol. The molecule has 0 bridgehead atoms. The first-order valence-electron chi connectivity index (χ1n) is 28.9. The molecule has 2 heterocycles. The molecule has 7 aromatic rings. The number of aromatic amines is 2. The van der Waals surface area contributed by atoms with E-state index in [2.05, 4.69) is 45.3 Å². The molecule has 0 aliphatic heterocycles. The molecule has 2 aromatic heterocycles. The zero-order valence-corrected chi connectivity index (χ0v) is 52.9. The molecule has 20 heteroatoms. The van der Waals surface area contributed by atoms with Crippen LogP contribution in [0.1, 0.15) is 186 Å². The van der Waals surface area contributed by atoms with Crippen molar-refractivity contribution in [3.63, 3.8) is 0 Å². The van der Waals surface area contributed by atoms with E-state index in [4.69, 9.17) is 92.8 Å². The van der Waals surface area contributed by atoms with Crippen LogP contribution in [0.3, 0.4) is 0 Å². The van der Waals surface area contributed by atoms with E-state index in [-0.39, 0.29) is 97.5 Å². The number of H-pyrrole nitrogens is 2. The molecule has 0 aliphatic carbocycles. The highest BCUT2D eigenvalue weighted by atomic mass is 35.5. The van der Waals surface area contributed by atoms with Crippen LogP contribution in [-0.2, 0) is 0 Å². The summed E-state index contributed by atoms with van der Waals surface area (Å²) < 4.78 is 2.29. The maximum absolute atomic E-state index is 15.7. The van der Waals surface area contributed by atoms with Crippen LogP contribution in [0.4, 0.5) is 23.0 Å². The van der Waals surface area contributed by atoms with Gasteiger partial charge in [0.2, 0.25) is 0 Å². The summed E-state index contributed by atoms with van der Waals surface area (Å²) in [5, 5.41) is 20.0. The molecule has 0 saturated heterocycles. The van der Waals surface area contributed by atoms with Gasteiger partial charge in [-0.15, -0.1) is 0 Å². The Bertz CT molecular complexity index is 3160. The second-order valence-electron chi connectivity index (χ2n) is 20.9. The lowest BCUT2D eigenvalue weighted by atomic mass is 9.86. The van der Waals surface area contributed by atoms with Crippen LogP contribution in [0.15, 0.2) is 101 Å². The molecule has 6 N–H and O–H groups in total. The van der Waals surface area contributed by atoms with E-state index >= 15 is 9.59 Å². The number of rotatable bonds is 33. The minimum atomic E-state index is -1.29. The van der Waals surface area contributed by atoms with Crippen LogP contribution in [-0.4, -0.2) is 44.5 Å². The number of aromatic nitrogens is 4. The molecule has 0 radical (unpaired) electrons. The number of anilines is 4. The topological polar surface area (TPSA) is 158 Å². The fraction of sp³-hybridized carbons (Fsp3) is 0.397. The summed E-state index contributed by atoms with van der Waals surface area (Å²) in [6.45, 7) is 5.42. The number of hydrogen-bond acceptors (Lipinski definition) is 6. The fourth-order valence-corrected chi connectivity index (χ4v) is 12.5. The second-order valence-corrected chi connectivity index (χ2v) is 24.2. The Labute approximate surface area is 526 Å². The molecule has 444 valence electrons. The Morgan fingerprint density at radius 1 is 0.434 bits per heavy atom. The summed E-state index contributed by atoms with van der Waals surface area (Å²) in [6.07, 6.45) is 23.3. The van der Waals surface area contributed by atoms with Crippen molar-refractivity contribution in [3.05, 3.63) is 180 Å². The zero-order valence-electron chi connectivity index (χ0n) is 46.8. The third-order valence-corrected chi connectivity index (χ3v) is 16.8. The minimum absolute atomic E-state index is 0.0276. The third kappa shape index (κ3) is 18.0. The number of benzene rings is 5. The lowest BCUT2D eigenvalue weighted by Gasteiger charge is -2.19. The summed E-state index contributed by atoms with van der Waals surface area (Å²) in [5.74, 6) is -1.84. The molecule has 0 saturated carbocycles. The van der Waals surface area contributed by atoms with Gasteiger partial charge >= 0.3 is 0 Å². The van der Waals surface area contributed by atoms with Gasteiger partial charge in [0.1, 0.15) is 23.0 Å². The molecular weight excluding hydrogens is 1220 g/mol. The van der Waals surface area contributed by atoms with Gasteiger partial charge in [-0.3, -0.25) is 29.4 Å². The highest BCUT2D eigenvalue weighted by Crippen LogP contribution is 2.42. The average Bonchev–Trinajstić information content (AvgIpc) is 3.55. The van der Waals surface area contributed by atoms with Crippen LogP contribution in [0.2, 0.25) is 40.2 Å². The molecule has 12 nitrogen and oxygen atoms in total. The monoisotopic (exact) mass is 1280 g/mol. The van der Waals surface area contributed by atoms with Crippen molar-refractivity contribution in [3.8, 4) is 11.4 Å². The highest BCUT2D eigenvalue weighted by molar-refractivity contribution is 6.41. The zero-order chi connectivity index (χ0) is 59.4. The van der Waals surface area contributed by atoms with Crippen molar-refractivity contribution in [2.24, 2.45) is 0 Å². The molecule has 0 unspecified atom stereocenters. The standard InChI is InChI=1S/C63H72Cl8N8O4/c1-3-5-7-9-11-13-15-17-19-24-32-72-60(80)41-28-30-45(66)51(34-41)74-58-54(62(82)78(76-58)56-47(68)36-43(64)37-48(56)69)53(40-26-22-21-23-27-40)55-59(77-79(63(55)83)57-49(70)38-44(65)39-50(57)71)75-52-35-42(29-31-46(52)67)61(81)73-33-25-20-18-16-14-12-10-8-6-4-2/h21-23,26-31,34-39,53,74-77H,3-20,24-25,32-33H2,1-2H3,(H,72,80)(H,73,81). The first-order valence-corrected chi connectivity index (χ1v) is 31.9. The number of nitrogens with zero attached hydrogens (tertiary/aromatic N) is 2. The Morgan fingerprint density at radius 2 is 0.771 bits per heavy atom. The molecule has 0 atom stereocenters. The van der Waals surface area contributed by atoms with Gasteiger partial charge in [-0.1, -0.05) is 253 Å². The van der Waals surface area contributed by atoms with Crippen LogP contribution < -0.4 is 32.4 Å². The summed E-state index contributed by atoms with van der Waals surface area (Å²) in [6, 6.07) is 24.2. The van der Waals surface area contributed by atoms with Gasteiger partial charge in [0.05, 0.1) is 58.6 Å². The second kappa shape index (κ2) is 33.0. The van der Waals surface area contributed by atoms with Crippen molar-refractivity contribution in [1.29, 1.82) is 0 Å². The lowest BCUT2D eigenvalue weighted by Crippen LogP contribution is -2.26. The summed E-state index contributed by atoms with van der Waals surface area (Å²) >= 11 is 54.2. The molecule has 0 aliphatic rings. The first kappa shape index (κ1) is 65.5. The number of halogens is 8. The van der Waals surface area contributed by atoms with E-state index in [1.807, 2.05) is 0 Å². The Balaban J connectivity index is 1.27. The van der Waals surface area contributed by atoms with E-state index in [0.29, 0.717) is 29.8 Å². The first-order chi connectivity index (χ1) is 40.1. The number of carbonyl (C=O) groups is 2. The van der Waals surface area contributed by atoms with Gasteiger partial charge in [-0.25, -0.2) is 9.36 Å². The summed E-state index contributed by atoms with van der Waals surface area (Å²) in [7, 11) is 0. The van der Waals surface area contributed by atoms with Gasteiger partial charge in [-0.05, 0) is 79.1 Å². The van der Waals surface area contributed by atoms with Crippen molar-refractivity contribution in [2.75, 3.05) is 23.7 Å². The smallest absolute Gasteiger partial charge is 0.277 e. The largest absolute Gasteiger partial charge is 0.352 e. The average molecular weight is 1290 g/mol. The van der Waals surface area contributed by atoms with Crippen LogP contribution >= 0.6 is 92.8 Å². The van der Waals surface area contributed by atoms with Gasteiger partial charge in [0, 0.05) is 34.3 Å². The normalized spacial score (nSPS) is 11.4. The molecule has 7 rings (SSSR count). The fourth-order valence-electron chi connectivity index (χ4n) is 10.2. The number of unbranched alkanes of at least 4 members (excludes halogenated alkanes) is 18. The number of hydrogen-bond donors (Lipinski definition) is 6. The van der Waals surface area contributed by atoms with Crippen LogP contribution in [0.5, 0.6) is 0 Å². The van der Waals surface area contributed by atoms with Crippen LogP contribution in [0.25, 0.3) is 11.4 Å². The minimum Gasteiger partial charge on any atom is -0.352 e. The van der Waals surface area contributed by atoms with E-state index in [1.165, 1.54) is 114 Å². The Kier molecular flexibility index (Phi) is 26.1. The third-order valence-electron chi connectivity index (χ3n) is 14.6. The molecular formula is C63H72Cl8N8O4. The lowest BCUT2D eigenvalue weighted by molar-refractivity contribution is 0.0944. The molecule has 0 spiro atoms. The van der Waals surface area contributed by atoms with Crippen molar-refractivity contribution in [1.82, 2.24) is 30.2 Å². The highest BCUT2D eigenvalue weighted by Gasteiger charge is 2.35. The van der Waals surface area contributed by atoms with Crippen molar-refractivity contribution >= 4 is 128 Å². The predicted octanol–water partition coefficient (Wildman–Crippen LogP) is 19.8. The SMILES string of the molecule is CCCCCCCCCCCCNC(=O)c1ccc(Cl)c(Nc2[nH]n(-c3c(Cl)cc(Cl)cc3Cl)c(=O)c2C(c2ccccc2)c2c(Nc3cc(C(=O)NCCCCCCCCCCCC)ccc3Cl)[nH]n(-c3c(Cl)cc(Cl)cc3Cl)c2=O)c1. The number of amides is 2. The van der Waals surface area contributed by atoms with Gasteiger partial charge in [0.25, 0.3) is 22.9 Å². The quantitative estimate of drug-likeness (QED) is 0.0225. The Morgan fingerprint density at radius 3 is 1.12 bits per heavy atom. The maximum atomic E-state index is 15.7. The maximum Gasteiger partial charge on any atom is 0.277 e. The Hall–Kier alpha value is -5.02. The van der Waals surface area contributed by atoms with Gasteiger partial charge in [-0.2, -0.15) is 0 Å².